The second-order valence-corrected chi connectivity index (χ2v) is 4.38. The maximum Gasteiger partial charge on any atom is 0.175 e. The first kappa shape index (κ1) is 8.79. The van der Waals surface area contributed by atoms with Gasteiger partial charge in [0.1, 0.15) is 0 Å². The van der Waals surface area contributed by atoms with Crippen LogP contribution in [0.2, 0.25) is 0 Å². The molecule has 0 bridgehead atoms. The van der Waals surface area contributed by atoms with E-state index < -0.39 is 9.84 Å². The third-order valence-corrected chi connectivity index (χ3v) is 2.44. The second-order valence-electron chi connectivity index (χ2n) is 2.36. The van der Waals surface area contributed by atoms with Crippen LogP contribution < -0.4 is 5.49 Å². The van der Waals surface area contributed by atoms with E-state index in [-0.39, 0.29) is 10.4 Å². The Morgan fingerprint density at radius 1 is 1.58 bits per heavy atom. The molecule has 0 aromatic carbocycles. The molecule has 0 saturated carbocycles. The summed E-state index contributed by atoms with van der Waals surface area (Å²) < 4.78 is 22.4. The van der Waals surface area contributed by atoms with Crippen molar-refractivity contribution in [2.75, 3.05) is 6.26 Å². The molecule has 1 rings (SSSR count). The summed E-state index contributed by atoms with van der Waals surface area (Å²) in [6.45, 7) is 0. The molecule has 1 aromatic heterocycles. The summed E-state index contributed by atoms with van der Waals surface area (Å²) in [6, 6.07) is 2.31. The monoisotopic (exact) mass is 188 g/mol. The van der Waals surface area contributed by atoms with Gasteiger partial charge in [-0.2, -0.15) is 4.73 Å². The molecular weight excluding hydrogens is 180 g/mol. The van der Waals surface area contributed by atoms with Crippen LogP contribution in [0.4, 0.5) is 0 Å². The van der Waals surface area contributed by atoms with Gasteiger partial charge in [0.2, 0.25) is 0 Å². The van der Waals surface area contributed by atoms with Gasteiger partial charge in [0.15, 0.2) is 15.3 Å². The van der Waals surface area contributed by atoms with Gasteiger partial charge in [-0.1, -0.05) is 0 Å². The van der Waals surface area contributed by atoms with Crippen molar-refractivity contribution in [3.63, 3.8) is 0 Å². The number of nitrogens with one attached hydrogen (secondary N) is 1. The average molecular weight is 188 g/mol. The van der Waals surface area contributed by atoms with Gasteiger partial charge in [-0.25, -0.2) is 8.42 Å². The van der Waals surface area contributed by atoms with E-state index in [4.69, 9.17) is 10.6 Å². The van der Waals surface area contributed by atoms with Crippen LogP contribution in [0.1, 0.15) is 0 Å². The van der Waals surface area contributed by atoms with E-state index >= 15 is 0 Å². The third kappa shape index (κ3) is 1.65. The van der Waals surface area contributed by atoms with Crippen molar-refractivity contribution in [3.05, 3.63) is 23.8 Å². The Bertz CT molecular complexity index is 446. The molecule has 66 valence electrons. The van der Waals surface area contributed by atoms with Gasteiger partial charge in [0.05, 0.1) is 4.90 Å². The molecule has 6 heteroatoms. The van der Waals surface area contributed by atoms with Gasteiger partial charge in [0.25, 0.3) is 0 Å². The first-order valence-corrected chi connectivity index (χ1v) is 4.97. The summed E-state index contributed by atoms with van der Waals surface area (Å²) in [5.41, 5.74) is -0.266. The Hall–Kier alpha value is -1.30. The van der Waals surface area contributed by atoms with Gasteiger partial charge in [-0.05, 0) is 6.07 Å². The van der Waals surface area contributed by atoms with Gasteiger partial charge >= 0.3 is 0 Å². The highest BCUT2D eigenvalue weighted by molar-refractivity contribution is 7.90. The fraction of sp³-hybridized carbons (Fsp3) is 0.167. The van der Waals surface area contributed by atoms with Crippen molar-refractivity contribution in [1.29, 1.82) is 5.41 Å². The Balaban J connectivity index is 3.43. The highest BCUT2D eigenvalue weighted by Crippen LogP contribution is 2.02. The smallest absolute Gasteiger partial charge is 0.175 e. The summed E-state index contributed by atoms with van der Waals surface area (Å²) in [6.07, 6.45) is 2.15. The zero-order valence-electron chi connectivity index (χ0n) is 6.35. The third-order valence-electron chi connectivity index (χ3n) is 1.33. The predicted molar refractivity (Wildman–Crippen MR) is 40.6 cm³/mol. The zero-order valence-corrected chi connectivity index (χ0v) is 7.17. The van der Waals surface area contributed by atoms with Gasteiger partial charge in [0, 0.05) is 18.5 Å². The van der Waals surface area contributed by atoms with Crippen LogP contribution in [0.25, 0.3) is 0 Å². The molecule has 12 heavy (non-hydrogen) atoms. The summed E-state index contributed by atoms with van der Waals surface area (Å²) in [4.78, 5) is 0.0257. The Labute approximate surface area is 69.3 Å². The first-order chi connectivity index (χ1) is 5.41. The van der Waals surface area contributed by atoms with Crippen molar-refractivity contribution in [3.8, 4) is 0 Å². The summed E-state index contributed by atoms with van der Waals surface area (Å²) >= 11 is 0. The lowest BCUT2D eigenvalue weighted by atomic mass is 10.5. The Morgan fingerprint density at radius 2 is 2.17 bits per heavy atom. The highest BCUT2D eigenvalue weighted by Gasteiger charge is 2.06. The summed E-state index contributed by atoms with van der Waals surface area (Å²) in [5.74, 6) is 0. The highest BCUT2D eigenvalue weighted by atomic mass is 32.2. The molecule has 0 radical (unpaired) electrons. The molecule has 2 N–H and O–H groups in total. The number of hydrogen-bond donors (Lipinski definition) is 2. The van der Waals surface area contributed by atoms with E-state index in [1.165, 1.54) is 6.07 Å². The summed E-state index contributed by atoms with van der Waals surface area (Å²) in [7, 11) is -3.29. The quantitative estimate of drug-likeness (QED) is 0.589. The van der Waals surface area contributed by atoms with Gasteiger partial charge < -0.3 is 5.21 Å². The molecule has 1 aromatic rings. The van der Waals surface area contributed by atoms with E-state index in [0.29, 0.717) is 4.73 Å². The predicted octanol–water partition coefficient (Wildman–Crippen LogP) is -0.392. The minimum atomic E-state index is -3.29. The molecule has 0 saturated heterocycles. The lowest BCUT2D eigenvalue weighted by Crippen LogP contribution is -2.17. The fourth-order valence-corrected chi connectivity index (χ4v) is 1.34. The molecule has 0 spiro atoms. The number of sulfone groups is 1. The van der Waals surface area contributed by atoms with Crippen molar-refractivity contribution in [1.82, 2.24) is 4.73 Å². The lowest BCUT2D eigenvalue weighted by Gasteiger charge is -1.99. The Kier molecular flexibility index (Phi) is 1.93. The van der Waals surface area contributed by atoms with E-state index in [2.05, 4.69) is 0 Å². The maximum absolute atomic E-state index is 10.9. The lowest BCUT2D eigenvalue weighted by molar-refractivity contribution is 0.169. The van der Waals surface area contributed by atoms with Crippen molar-refractivity contribution in [2.24, 2.45) is 0 Å². The number of hydrogen-bond acceptors (Lipinski definition) is 4. The van der Waals surface area contributed by atoms with E-state index in [1.807, 2.05) is 0 Å². The molecule has 0 amide bonds. The number of aromatic nitrogens is 1. The summed E-state index contributed by atoms with van der Waals surface area (Å²) in [5, 5.41) is 15.9. The molecule has 0 aliphatic rings. The van der Waals surface area contributed by atoms with Crippen LogP contribution in [-0.4, -0.2) is 24.6 Å². The van der Waals surface area contributed by atoms with Gasteiger partial charge in [-0.3, -0.25) is 5.41 Å². The fourth-order valence-electron chi connectivity index (χ4n) is 0.704. The van der Waals surface area contributed by atoms with Crippen molar-refractivity contribution >= 4 is 9.84 Å². The second kappa shape index (κ2) is 2.63. The van der Waals surface area contributed by atoms with Crippen LogP contribution in [-0.2, 0) is 9.84 Å². The van der Waals surface area contributed by atoms with Crippen LogP contribution in [0, 0.1) is 5.41 Å². The van der Waals surface area contributed by atoms with Crippen molar-refractivity contribution in [2.45, 2.75) is 4.90 Å². The molecule has 5 nitrogen and oxygen atoms in total. The van der Waals surface area contributed by atoms with E-state index in [0.717, 1.165) is 18.5 Å². The topological polar surface area (TPSA) is 83.2 Å². The molecule has 0 fully saturated rings. The van der Waals surface area contributed by atoms with Crippen LogP contribution in [0.5, 0.6) is 0 Å². The molecule has 0 aliphatic heterocycles. The first-order valence-electron chi connectivity index (χ1n) is 3.08. The van der Waals surface area contributed by atoms with Crippen LogP contribution in [0.15, 0.2) is 23.2 Å². The molecule has 1 heterocycles. The molecule has 0 atom stereocenters. The minimum absolute atomic E-state index is 0.0257. The molecule has 0 unspecified atom stereocenters. The van der Waals surface area contributed by atoms with E-state index in [1.54, 1.807) is 0 Å². The average Bonchev–Trinajstić information content (AvgIpc) is 1.92. The zero-order chi connectivity index (χ0) is 9.35. The molecule has 0 aliphatic carbocycles. The number of pyridine rings is 1. The van der Waals surface area contributed by atoms with Gasteiger partial charge in [-0.15, -0.1) is 0 Å². The minimum Gasteiger partial charge on any atom is -0.427 e. The standard InChI is InChI=1S/C6H8N2O3S/c1-12(10,11)5-2-3-8(9)6(7)4-5/h2-4,7,9H,1H3. The number of nitrogens with zero attached hydrogens (tertiary/aromatic N) is 1. The largest absolute Gasteiger partial charge is 0.427 e. The maximum atomic E-state index is 10.9. The van der Waals surface area contributed by atoms with Crippen molar-refractivity contribution < 1.29 is 13.6 Å². The van der Waals surface area contributed by atoms with Crippen LogP contribution >= 0.6 is 0 Å². The van der Waals surface area contributed by atoms with Crippen LogP contribution in [0.3, 0.4) is 0 Å². The Morgan fingerprint density at radius 3 is 2.58 bits per heavy atom. The number of rotatable bonds is 1. The van der Waals surface area contributed by atoms with E-state index in [9.17, 15) is 8.42 Å². The SMILES string of the molecule is CS(=O)(=O)c1ccn(O)c(=N)c1. The molecular formula is C6H8N2O3S. The normalized spacial score (nSPS) is 11.4.